The summed E-state index contributed by atoms with van der Waals surface area (Å²) < 4.78 is 4.77. The summed E-state index contributed by atoms with van der Waals surface area (Å²) in [6.45, 7) is 4.00. The quantitative estimate of drug-likeness (QED) is 0.135. The van der Waals surface area contributed by atoms with Gasteiger partial charge in [-0.2, -0.15) is 0 Å². The van der Waals surface area contributed by atoms with Gasteiger partial charge >= 0.3 is 0 Å². The van der Waals surface area contributed by atoms with Gasteiger partial charge in [-0.3, -0.25) is 0 Å². The van der Waals surface area contributed by atoms with Crippen molar-refractivity contribution in [1.82, 2.24) is 19.1 Å². The van der Waals surface area contributed by atoms with E-state index < -0.39 is 0 Å². The highest BCUT2D eigenvalue weighted by atomic mass is 15.0. The van der Waals surface area contributed by atoms with Crippen LogP contribution in [0.4, 0.5) is 0 Å². The average Bonchev–Trinajstić information content (AvgIpc) is 4.00. The van der Waals surface area contributed by atoms with E-state index in [-0.39, 0.29) is 0 Å². The maximum absolute atomic E-state index is 5.10. The number of aromatic nitrogens is 4. The van der Waals surface area contributed by atoms with Gasteiger partial charge in [0.05, 0.1) is 33.5 Å². The molecule has 74 heavy (non-hydrogen) atoms. The lowest BCUT2D eigenvalue weighted by molar-refractivity contribution is 1.18. The Morgan fingerprint density at radius 3 is 1.14 bits per heavy atom. The molecule has 0 spiro atoms. The van der Waals surface area contributed by atoms with Gasteiger partial charge in [-0.1, -0.05) is 200 Å². The molecule has 3 aromatic heterocycles. The molecule has 13 rings (SSSR count). The van der Waals surface area contributed by atoms with Gasteiger partial charge in [0.2, 0.25) is 0 Å². The SMILES string of the molecule is C/C=C\C=C/C.c1ccc(-c2cc(-c3ccccc3)nc(-c3cccc(-c4cccc(-c5ccc(-n6c7ccccc7c7cc(-c8ccc9c(c8)c8ccccc8n9-c8ccccc8)ccc76)cc5)c4)c3)n2)cc1. The fourth-order valence-electron chi connectivity index (χ4n) is 10.3. The predicted octanol–water partition coefficient (Wildman–Crippen LogP) is 18.8. The summed E-state index contributed by atoms with van der Waals surface area (Å²) in [7, 11) is 0. The Labute approximate surface area is 432 Å². The molecule has 352 valence electrons. The number of nitrogens with zero attached hydrogens (tertiary/aromatic N) is 4. The third kappa shape index (κ3) is 8.80. The van der Waals surface area contributed by atoms with E-state index in [0.717, 1.165) is 56.0 Å². The zero-order valence-electron chi connectivity index (χ0n) is 41.3. The summed E-state index contributed by atoms with van der Waals surface area (Å²) in [6, 6.07) is 91.1. The van der Waals surface area contributed by atoms with Gasteiger partial charge in [-0.25, -0.2) is 9.97 Å². The molecule has 0 radical (unpaired) electrons. The third-order valence-corrected chi connectivity index (χ3v) is 13.8. The standard InChI is InChI=1S/C64H42N4.C6H10/c1-4-16-44(17-5-1)58-42-59(45-18-6-2-7-19-45)66-64(65-58)51-23-15-22-48(39-51)47-21-14-20-46(38-47)43-30-34-53(35-31-43)68-61-29-13-11-27-55(61)57-41-50(33-37-63(57)68)49-32-36-62-56(40-49)54-26-10-12-28-60(54)67(62)52-24-8-3-9-25-52;1-3-5-6-4-2/h1-42H;3-6H,1-2H3/b;5-3-,6-4-. The Hall–Kier alpha value is -9.64. The summed E-state index contributed by atoms with van der Waals surface area (Å²) in [5, 5.41) is 4.97. The largest absolute Gasteiger partial charge is 0.309 e. The smallest absolute Gasteiger partial charge is 0.160 e. The molecule has 0 unspecified atom stereocenters. The molecule has 0 N–H and O–H groups in total. The lowest BCUT2D eigenvalue weighted by Crippen LogP contribution is -1.96. The van der Waals surface area contributed by atoms with Gasteiger partial charge in [0.1, 0.15) is 0 Å². The molecule has 4 heteroatoms. The Kier molecular flexibility index (Phi) is 12.4. The molecule has 10 aromatic carbocycles. The molecular weight excluding hydrogens is 897 g/mol. The molecule has 0 saturated heterocycles. The van der Waals surface area contributed by atoms with E-state index >= 15 is 0 Å². The van der Waals surface area contributed by atoms with Crippen LogP contribution in [-0.2, 0) is 0 Å². The van der Waals surface area contributed by atoms with Crippen LogP contribution in [0.25, 0.3) is 122 Å². The lowest BCUT2D eigenvalue weighted by Gasteiger charge is -2.12. The number of allylic oxidation sites excluding steroid dienone is 4. The number of fused-ring (bicyclic) bond motifs is 6. The minimum absolute atomic E-state index is 0.699. The van der Waals surface area contributed by atoms with Crippen LogP contribution in [0.3, 0.4) is 0 Å². The van der Waals surface area contributed by atoms with Crippen LogP contribution in [-0.4, -0.2) is 19.1 Å². The topological polar surface area (TPSA) is 35.6 Å². The molecular formula is C70H52N4. The minimum Gasteiger partial charge on any atom is -0.309 e. The molecule has 4 nitrogen and oxygen atoms in total. The second-order valence-corrected chi connectivity index (χ2v) is 18.5. The number of benzene rings is 10. The van der Waals surface area contributed by atoms with Crippen molar-refractivity contribution in [3.8, 4) is 78.7 Å². The van der Waals surface area contributed by atoms with E-state index in [2.05, 4.69) is 252 Å². The fraction of sp³-hybridized carbons (Fsp3) is 0.0286. The summed E-state index contributed by atoms with van der Waals surface area (Å²) in [6.07, 6.45) is 8.00. The maximum Gasteiger partial charge on any atom is 0.160 e. The van der Waals surface area contributed by atoms with Crippen LogP contribution < -0.4 is 0 Å². The van der Waals surface area contributed by atoms with Crippen LogP contribution in [0, 0.1) is 0 Å². The highest BCUT2D eigenvalue weighted by Gasteiger charge is 2.17. The zero-order valence-corrected chi connectivity index (χ0v) is 41.3. The highest BCUT2D eigenvalue weighted by molar-refractivity contribution is 6.12. The second kappa shape index (κ2) is 20.2. The van der Waals surface area contributed by atoms with Crippen molar-refractivity contribution < 1.29 is 0 Å². The summed E-state index contributed by atoms with van der Waals surface area (Å²) >= 11 is 0. The Balaban J connectivity index is 0.000000877. The molecule has 0 atom stereocenters. The van der Waals surface area contributed by atoms with Gasteiger partial charge in [-0.15, -0.1) is 0 Å². The van der Waals surface area contributed by atoms with Crippen molar-refractivity contribution in [2.75, 3.05) is 0 Å². The van der Waals surface area contributed by atoms with Crippen LogP contribution in [0.1, 0.15) is 13.8 Å². The van der Waals surface area contributed by atoms with Gasteiger partial charge in [0.25, 0.3) is 0 Å². The monoisotopic (exact) mass is 948 g/mol. The molecule has 0 aliphatic rings. The number of hydrogen-bond acceptors (Lipinski definition) is 2. The first-order valence-electron chi connectivity index (χ1n) is 25.3. The number of hydrogen-bond donors (Lipinski definition) is 0. The van der Waals surface area contributed by atoms with Crippen molar-refractivity contribution in [2.45, 2.75) is 13.8 Å². The van der Waals surface area contributed by atoms with E-state index in [4.69, 9.17) is 9.97 Å². The third-order valence-electron chi connectivity index (χ3n) is 13.8. The second-order valence-electron chi connectivity index (χ2n) is 18.5. The first-order valence-corrected chi connectivity index (χ1v) is 25.3. The number of rotatable bonds is 9. The van der Waals surface area contributed by atoms with Gasteiger partial charge in [0.15, 0.2) is 5.82 Å². The summed E-state index contributed by atoms with van der Waals surface area (Å²) in [5.41, 5.74) is 18.9. The van der Waals surface area contributed by atoms with E-state index in [0.29, 0.717) is 5.82 Å². The van der Waals surface area contributed by atoms with Crippen LogP contribution >= 0.6 is 0 Å². The van der Waals surface area contributed by atoms with Crippen molar-refractivity contribution in [1.29, 1.82) is 0 Å². The Morgan fingerprint density at radius 1 is 0.270 bits per heavy atom. The van der Waals surface area contributed by atoms with Crippen molar-refractivity contribution in [3.63, 3.8) is 0 Å². The normalized spacial score (nSPS) is 11.5. The van der Waals surface area contributed by atoms with E-state index in [9.17, 15) is 0 Å². The van der Waals surface area contributed by atoms with Gasteiger partial charge in [0, 0.05) is 49.6 Å². The van der Waals surface area contributed by atoms with E-state index in [1.807, 2.05) is 50.3 Å². The van der Waals surface area contributed by atoms with E-state index in [1.165, 1.54) is 60.4 Å². The van der Waals surface area contributed by atoms with Crippen molar-refractivity contribution in [3.05, 3.63) is 279 Å². The average molecular weight is 949 g/mol. The molecule has 0 bridgehead atoms. The fourth-order valence-corrected chi connectivity index (χ4v) is 10.3. The van der Waals surface area contributed by atoms with Crippen molar-refractivity contribution in [2.24, 2.45) is 0 Å². The molecule has 0 aliphatic heterocycles. The molecule has 0 fully saturated rings. The molecule has 0 saturated carbocycles. The maximum atomic E-state index is 5.10. The molecule has 13 aromatic rings. The van der Waals surface area contributed by atoms with Gasteiger partial charge < -0.3 is 9.13 Å². The highest BCUT2D eigenvalue weighted by Crippen LogP contribution is 2.39. The molecule has 3 heterocycles. The van der Waals surface area contributed by atoms with Crippen molar-refractivity contribution >= 4 is 43.6 Å². The minimum atomic E-state index is 0.699. The lowest BCUT2D eigenvalue weighted by atomic mass is 9.97. The molecule has 0 amide bonds. The predicted molar refractivity (Wildman–Crippen MR) is 313 cm³/mol. The zero-order chi connectivity index (χ0) is 49.8. The van der Waals surface area contributed by atoms with Crippen LogP contribution in [0.2, 0.25) is 0 Å². The van der Waals surface area contributed by atoms with E-state index in [1.54, 1.807) is 0 Å². The van der Waals surface area contributed by atoms with Crippen LogP contribution in [0.5, 0.6) is 0 Å². The Bertz CT molecular complexity index is 4110. The molecule has 0 aliphatic carbocycles. The first-order chi connectivity index (χ1) is 36.6. The Morgan fingerprint density at radius 2 is 0.635 bits per heavy atom. The summed E-state index contributed by atoms with van der Waals surface area (Å²) in [4.78, 5) is 10.2. The van der Waals surface area contributed by atoms with Gasteiger partial charge in [-0.05, 0) is 126 Å². The summed E-state index contributed by atoms with van der Waals surface area (Å²) in [5.74, 6) is 0.699. The van der Waals surface area contributed by atoms with Crippen LogP contribution in [0.15, 0.2) is 279 Å². The first kappa shape index (κ1) is 45.5. The number of para-hydroxylation sites is 3.